The molecule has 1 unspecified atom stereocenters. The Kier molecular flexibility index (Phi) is 5.68. The molecule has 0 bridgehead atoms. The number of Topliss-reactive ketones (excluding diaryl/α,β-unsaturated/α-hetero) is 1. The number of carbonyl (C=O) groups is 1. The summed E-state index contributed by atoms with van der Waals surface area (Å²) in [6.45, 7) is 8.35. The average Bonchev–Trinajstić information content (AvgIpc) is 2.49. The number of likely N-dealkylation sites (N-methyl/N-ethyl adjacent to an activating group) is 1. The lowest BCUT2D eigenvalue weighted by Gasteiger charge is -2.34. The van der Waals surface area contributed by atoms with Crippen molar-refractivity contribution in [2.75, 3.05) is 45.1 Å². The van der Waals surface area contributed by atoms with E-state index in [1.807, 2.05) is 6.92 Å². The van der Waals surface area contributed by atoms with Crippen molar-refractivity contribution in [2.45, 2.75) is 19.9 Å². The van der Waals surface area contributed by atoms with Gasteiger partial charge in [-0.1, -0.05) is 0 Å². The molecule has 23 heavy (non-hydrogen) atoms. The molecule has 1 atom stereocenters. The zero-order valence-corrected chi connectivity index (χ0v) is 13.9. The van der Waals surface area contributed by atoms with E-state index >= 15 is 0 Å². The second-order valence-electron chi connectivity index (χ2n) is 6.19. The first kappa shape index (κ1) is 17.4. The molecule has 1 heterocycles. The van der Waals surface area contributed by atoms with Crippen LogP contribution < -0.4 is 5.32 Å². The van der Waals surface area contributed by atoms with Gasteiger partial charge in [0, 0.05) is 50.4 Å². The Balaban J connectivity index is 2.03. The highest BCUT2D eigenvalue weighted by Crippen LogP contribution is 2.26. The molecule has 2 rings (SSSR count). The van der Waals surface area contributed by atoms with Crippen molar-refractivity contribution in [1.29, 1.82) is 0 Å². The highest BCUT2D eigenvalue weighted by atomic mass is 16.6. The van der Waals surface area contributed by atoms with E-state index in [0.717, 1.165) is 32.7 Å². The maximum atomic E-state index is 11.4. The third-order valence-electron chi connectivity index (χ3n) is 4.13. The van der Waals surface area contributed by atoms with Crippen molar-refractivity contribution in [1.82, 2.24) is 9.80 Å². The Bertz CT molecular complexity index is 583. The van der Waals surface area contributed by atoms with Gasteiger partial charge in [-0.3, -0.25) is 19.8 Å². The lowest BCUT2D eigenvalue weighted by Crippen LogP contribution is -2.47. The standard InChI is InChI=1S/C16H24N4O3/c1-12(11-19-8-6-18(3)7-9-19)17-15-5-4-14(13(2)21)10-16(15)20(22)23/h4-5,10,12,17H,6-9,11H2,1-3H3. The largest absolute Gasteiger partial charge is 0.376 e. The van der Waals surface area contributed by atoms with Gasteiger partial charge in [-0.05, 0) is 33.0 Å². The fourth-order valence-electron chi connectivity index (χ4n) is 2.75. The predicted octanol–water partition coefficient (Wildman–Crippen LogP) is 1.85. The van der Waals surface area contributed by atoms with E-state index in [1.54, 1.807) is 12.1 Å². The molecule has 1 aromatic rings. The molecule has 7 nitrogen and oxygen atoms in total. The number of piperazine rings is 1. The van der Waals surface area contributed by atoms with E-state index < -0.39 is 4.92 Å². The van der Waals surface area contributed by atoms with Crippen LogP contribution in [0.15, 0.2) is 18.2 Å². The molecule has 0 aliphatic carbocycles. The maximum Gasteiger partial charge on any atom is 0.293 e. The molecule has 0 aromatic heterocycles. The zero-order chi connectivity index (χ0) is 17.0. The Labute approximate surface area is 136 Å². The molecule has 1 N–H and O–H groups in total. The van der Waals surface area contributed by atoms with Crippen molar-refractivity contribution in [3.8, 4) is 0 Å². The molecular weight excluding hydrogens is 296 g/mol. The van der Waals surface area contributed by atoms with Crippen molar-refractivity contribution < 1.29 is 9.72 Å². The van der Waals surface area contributed by atoms with Crippen LogP contribution in [0.2, 0.25) is 0 Å². The van der Waals surface area contributed by atoms with Gasteiger partial charge in [0.15, 0.2) is 5.78 Å². The van der Waals surface area contributed by atoms with Gasteiger partial charge in [0.25, 0.3) is 5.69 Å². The fraction of sp³-hybridized carbons (Fsp3) is 0.562. The first-order chi connectivity index (χ1) is 10.9. The summed E-state index contributed by atoms with van der Waals surface area (Å²) in [6, 6.07) is 4.67. The summed E-state index contributed by atoms with van der Waals surface area (Å²) < 4.78 is 0. The summed E-state index contributed by atoms with van der Waals surface area (Å²) in [5.41, 5.74) is 0.763. The lowest BCUT2D eigenvalue weighted by atomic mass is 10.1. The summed E-state index contributed by atoms with van der Waals surface area (Å²) in [6.07, 6.45) is 0. The summed E-state index contributed by atoms with van der Waals surface area (Å²) in [7, 11) is 2.11. The number of hydrogen-bond donors (Lipinski definition) is 1. The van der Waals surface area contributed by atoms with Crippen LogP contribution in [0.4, 0.5) is 11.4 Å². The lowest BCUT2D eigenvalue weighted by molar-refractivity contribution is -0.384. The molecule has 1 saturated heterocycles. The van der Waals surface area contributed by atoms with E-state index in [4.69, 9.17) is 0 Å². The number of carbonyl (C=O) groups excluding carboxylic acids is 1. The van der Waals surface area contributed by atoms with E-state index in [2.05, 4.69) is 22.2 Å². The smallest absolute Gasteiger partial charge is 0.293 e. The molecule has 7 heteroatoms. The Morgan fingerprint density at radius 1 is 1.35 bits per heavy atom. The molecule has 1 fully saturated rings. The van der Waals surface area contributed by atoms with E-state index in [-0.39, 0.29) is 17.5 Å². The molecule has 0 saturated carbocycles. The molecule has 1 aromatic carbocycles. The van der Waals surface area contributed by atoms with Gasteiger partial charge in [0.2, 0.25) is 0 Å². The first-order valence-corrected chi connectivity index (χ1v) is 7.83. The van der Waals surface area contributed by atoms with Gasteiger partial charge >= 0.3 is 0 Å². The van der Waals surface area contributed by atoms with Gasteiger partial charge in [0.05, 0.1) is 4.92 Å². The highest BCUT2D eigenvalue weighted by molar-refractivity contribution is 5.95. The van der Waals surface area contributed by atoms with Crippen LogP contribution >= 0.6 is 0 Å². The van der Waals surface area contributed by atoms with E-state index in [9.17, 15) is 14.9 Å². The zero-order valence-electron chi connectivity index (χ0n) is 13.9. The van der Waals surface area contributed by atoms with Crippen LogP contribution in [-0.4, -0.2) is 66.3 Å². The molecular formula is C16H24N4O3. The third kappa shape index (κ3) is 4.74. The van der Waals surface area contributed by atoms with Crippen LogP contribution in [0.3, 0.4) is 0 Å². The quantitative estimate of drug-likeness (QED) is 0.489. The number of benzene rings is 1. The SMILES string of the molecule is CC(=O)c1ccc(NC(C)CN2CCN(C)CC2)c([N+](=O)[O-])c1. The minimum Gasteiger partial charge on any atom is -0.376 e. The number of hydrogen-bond acceptors (Lipinski definition) is 6. The van der Waals surface area contributed by atoms with E-state index in [1.165, 1.54) is 13.0 Å². The number of nitrogens with one attached hydrogen (secondary N) is 1. The maximum absolute atomic E-state index is 11.4. The van der Waals surface area contributed by atoms with Crippen molar-refractivity contribution >= 4 is 17.2 Å². The second kappa shape index (κ2) is 7.52. The fourth-order valence-corrected chi connectivity index (χ4v) is 2.75. The minimum atomic E-state index is -0.447. The second-order valence-corrected chi connectivity index (χ2v) is 6.19. The number of rotatable bonds is 6. The van der Waals surface area contributed by atoms with Gasteiger partial charge in [0.1, 0.15) is 5.69 Å². The summed E-state index contributed by atoms with van der Waals surface area (Å²) in [5, 5.41) is 14.5. The first-order valence-electron chi connectivity index (χ1n) is 7.83. The van der Waals surface area contributed by atoms with Crippen molar-refractivity contribution in [3.05, 3.63) is 33.9 Å². The normalized spacial score (nSPS) is 17.7. The van der Waals surface area contributed by atoms with Crippen LogP contribution in [0.5, 0.6) is 0 Å². The number of nitro groups is 1. The minimum absolute atomic E-state index is 0.0528. The number of nitrogens with zero attached hydrogens (tertiary/aromatic N) is 3. The third-order valence-corrected chi connectivity index (χ3v) is 4.13. The number of anilines is 1. The predicted molar refractivity (Wildman–Crippen MR) is 90.1 cm³/mol. The summed E-state index contributed by atoms with van der Waals surface area (Å²) in [4.78, 5) is 26.8. The molecule has 126 valence electrons. The van der Waals surface area contributed by atoms with Gasteiger partial charge in [-0.2, -0.15) is 0 Å². The van der Waals surface area contributed by atoms with Crippen molar-refractivity contribution in [2.24, 2.45) is 0 Å². The molecule has 0 radical (unpaired) electrons. The monoisotopic (exact) mass is 320 g/mol. The number of ketones is 1. The molecule has 1 aliphatic heterocycles. The molecule has 0 amide bonds. The molecule has 0 spiro atoms. The topological polar surface area (TPSA) is 78.7 Å². The summed E-state index contributed by atoms with van der Waals surface area (Å²) in [5.74, 6) is -0.176. The Morgan fingerprint density at radius 3 is 2.57 bits per heavy atom. The van der Waals surface area contributed by atoms with Crippen LogP contribution in [0, 0.1) is 10.1 Å². The van der Waals surface area contributed by atoms with Crippen LogP contribution in [0.25, 0.3) is 0 Å². The van der Waals surface area contributed by atoms with Crippen LogP contribution in [0.1, 0.15) is 24.2 Å². The van der Waals surface area contributed by atoms with Gasteiger partial charge in [-0.25, -0.2) is 0 Å². The highest BCUT2D eigenvalue weighted by Gasteiger charge is 2.20. The summed E-state index contributed by atoms with van der Waals surface area (Å²) >= 11 is 0. The van der Waals surface area contributed by atoms with Gasteiger partial charge in [-0.15, -0.1) is 0 Å². The Morgan fingerprint density at radius 2 is 2.00 bits per heavy atom. The Hall–Kier alpha value is -1.99. The van der Waals surface area contributed by atoms with Crippen molar-refractivity contribution in [3.63, 3.8) is 0 Å². The average molecular weight is 320 g/mol. The number of nitro benzene ring substituents is 1. The van der Waals surface area contributed by atoms with Gasteiger partial charge < -0.3 is 10.2 Å². The van der Waals surface area contributed by atoms with E-state index in [0.29, 0.717) is 11.3 Å². The van der Waals surface area contributed by atoms with Crippen LogP contribution in [-0.2, 0) is 0 Å². The molecule has 1 aliphatic rings.